The van der Waals surface area contributed by atoms with E-state index >= 15 is 0 Å². The van der Waals surface area contributed by atoms with Gasteiger partial charge in [-0.2, -0.15) is 4.99 Å². The molecule has 0 atom stereocenters. The number of nitro groups is 1. The van der Waals surface area contributed by atoms with Gasteiger partial charge in [-0.15, -0.1) is 0 Å². The predicted octanol–water partition coefficient (Wildman–Crippen LogP) is 6.85. The molecular weight excluding hydrogens is 476 g/mol. The minimum absolute atomic E-state index is 0.0537. The molecule has 3 aromatic rings. The molecule has 0 fully saturated rings. The third-order valence-electron chi connectivity index (χ3n) is 4.12. The minimum Gasteiger partial charge on any atom is -0.477 e. The van der Waals surface area contributed by atoms with E-state index in [0.29, 0.717) is 5.69 Å². The van der Waals surface area contributed by atoms with Gasteiger partial charge in [0.1, 0.15) is 22.3 Å². The van der Waals surface area contributed by atoms with Crippen LogP contribution in [-0.4, -0.2) is 23.5 Å². The molecule has 0 aromatic heterocycles. The average molecular weight is 492 g/mol. The van der Waals surface area contributed by atoms with Crippen LogP contribution in [0.1, 0.15) is 12.5 Å². The fourth-order valence-corrected chi connectivity index (χ4v) is 3.13. The van der Waals surface area contributed by atoms with Crippen LogP contribution in [0.5, 0.6) is 11.5 Å². The molecule has 170 valence electrons. The van der Waals surface area contributed by atoms with Gasteiger partial charge in [0.05, 0.1) is 22.1 Å². The first kappa shape index (κ1) is 24.0. The number of nitrogens with one attached hydrogen (secondary N) is 1. The van der Waals surface area contributed by atoms with Gasteiger partial charge in [0.2, 0.25) is 5.90 Å². The summed E-state index contributed by atoms with van der Waals surface area (Å²) in [7, 11) is 0. The number of ether oxygens (including phenoxy) is 2. The van der Waals surface area contributed by atoms with Gasteiger partial charge in [-0.25, -0.2) is 9.18 Å². The highest BCUT2D eigenvalue weighted by Crippen LogP contribution is 2.35. The maximum absolute atomic E-state index is 14.0. The SMILES string of the molecule is CCOC(=NC(=O)Nc1ccc(Oc2ccc([N+](=O)[O-])c(Cl)c2)c(Cl)c1)c1ccccc1F. The molecule has 0 aliphatic rings. The van der Waals surface area contributed by atoms with E-state index in [4.69, 9.17) is 32.7 Å². The highest BCUT2D eigenvalue weighted by atomic mass is 35.5. The number of aliphatic imine (C=N–C) groups is 1. The predicted molar refractivity (Wildman–Crippen MR) is 123 cm³/mol. The zero-order valence-electron chi connectivity index (χ0n) is 17.1. The van der Waals surface area contributed by atoms with E-state index in [0.717, 1.165) is 0 Å². The molecule has 0 saturated carbocycles. The Morgan fingerprint density at radius 3 is 2.52 bits per heavy atom. The van der Waals surface area contributed by atoms with Crippen LogP contribution in [0.15, 0.2) is 65.7 Å². The number of carbonyl (C=O) groups excluding carboxylic acids is 1. The van der Waals surface area contributed by atoms with Crippen molar-refractivity contribution >= 4 is 46.5 Å². The highest BCUT2D eigenvalue weighted by Gasteiger charge is 2.15. The van der Waals surface area contributed by atoms with Crippen molar-refractivity contribution in [2.45, 2.75) is 6.92 Å². The Hall–Kier alpha value is -3.69. The van der Waals surface area contributed by atoms with Crippen molar-refractivity contribution in [3.63, 3.8) is 0 Å². The zero-order valence-corrected chi connectivity index (χ0v) is 18.6. The molecule has 0 spiro atoms. The molecule has 0 heterocycles. The second-order valence-corrected chi connectivity index (χ2v) is 7.19. The molecule has 2 amide bonds. The van der Waals surface area contributed by atoms with Gasteiger partial charge in [0, 0.05) is 17.8 Å². The van der Waals surface area contributed by atoms with Gasteiger partial charge >= 0.3 is 6.03 Å². The van der Waals surface area contributed by atoms with Gasteiger partial charge in [0.15, 0.2) is 0 Å². The lowest BCUT2D eigenvalue weighted by Crippen LogP contribution is -2.15. The van der Waals surface area contributed by atoms with E-state index in [1.807, 2.05) is 0 Å². The minimum atomic E-state index is -0.798. The second kappa shape index (κ2) is 10.8. The van der Waals surface area contributed by atoms with Crippen LogP contribution in [0.25, 0.3) is 0 Å². The monoisotopic (exact) mass is 491 g/mol. The molecule has 33 heavy (non-hydrogen) atoms. The lowest BCUT2D eigenvalue weighted by molar-refractivity contribution is -0.384. The summed E-state index contributed by atoms with van der Waals surface area (Å²) in [5, 5.41) is 13.4. The van der Waals surface area contributed by atoms with Crippen molar-refractivity contribution in [2.24, 2.45) is 4.99 Å². The molecule has 3 aromatic carbocycles. The van der Waals surface area contributed by atoms with Crippen LogP contribution in [0.2, 0.25) is 10.0 Å². The first-order valence-corrected chi connectivity index (χ1v) is 10.2. The number of carbonyl (C=O) groups is 1. The quantitative estimate of drug-likeness (QED) is 0.176. The first-order valence-electron chi connectivity index (χ1n) is 9.47. The molecule has 8 nitrogen and oxygen atoms in total. The normalized spacial score (nSPS) is 11.1. The summed E-state index contributed by atoms with van der Waals surface area (Å²) in [5.74, 6) is -0.271. The van der Waals surface area contributed by atoms with E-state index in [9.17, 15) is 19.3 Å². The number of urea groups is 1. The van der Waals surface area contributed by atoms with Gasteiger partial charge in [-0.1, -0.05) is 35.3 Å². The number of hydrogen-bond acceptors (Lipinski definition) is 5. The number of rotatable bonds is 6. The number of amides is 2. The number of anilines is 1. The topological polar surface area (TPSA) is 103 Å². The number of halogens is 3. The van der Waals surface area contributed by atoms with Crippen molar-refractivity contribution in [1.82, 2.24) is 0 Å². The lowest BCUT2D eigenvalue weighted by Gasteiger charge is -2.11. The lowest BCUT2D eigenvalue weighted by atomic mass is 10.2. The van der Waals surface area contributed by atoms with Crippen LogP contribution < -0.4 is 10.1 Å². The van der Waals surface area contributed by atoms with Crippen molar-refractivity contribution < 1.29 is 23.6 Å². The van der Waals surface area contributed by atoms with Crippen LogP contribution in [-0.2, 0) is 4.74 Å². The van der Waals surface area contributed by atoms with E-state index in [1.54, 1.807) is 13.0 Å². The third kappa shape index (κ3) is 6.18. The Morgan fingerprint density at radius 1 is 1.12 bits per heavy atom. The van der Waals surface area contributed by atoms with Gasteiger partial charge < -0.3 is 14.8 Å². The Kier molecular flexibility index (Phi) is 7.81. The molecule has 0 aliphatic heterocycles. The fraction of sp³-hybridized carbons (Fsp3) is 0.0909. The van der Waals surface area contributed by atoms with Crippen LogP contribution in [0.4, 0.5) is 20.6 Å². The van der Waals surface area contributed by atoms with Crippen LogP contribution in [0.3, 0.4) is 0 Å². The van der Waals surface area contributed by atoms with Crippen molar-refractivity contribution in [3.05, 3.63) is 92.2 Å². The van der Waals surface area contributed by atoms with Crippen molar-refractivity contribution in [1.29, 1.82) is 0 Å². The smallest absolute Gasteiger partial charge is 0.348 e. The van der Waals surface area contributed by atoms with Gasteiger partial charge in [-0.3, -0.25) is 10.1 Å². The summed E-state index contributed by atoms with van der Waals surface area (Å²) in [6.07, 6.45) is 0. The number of nitro benzene ring substituents is 1. The Morgan fingerprint density at radius 2 is 1.88 bits per heavy atom. The van der Waals surface area contributed by atoms with Gasteiger partial charge in [-0.05, 0) is 43.3 Å². The van der Waals surface area contributed by atoms with Crippen molar-refractivity contribution in [3.8, 4) is 11.5 Å². The Bertz CT molecular complexity index is 1240. The summed E-state index contributed by atoms with van der Waals surface area (Å²) in [6, 6.07) is 13.3. The third-order valence-corrected chi connectivity index (χ3v) is 4.71. The fourth-order valence-electron chi connectivity index (χ4n) is 2.67. The highest BCUT2D eigenvalue weighted by molar-refractivity contribution is 6.33. The zero-order chi connectivity index (χ0) is 24.0. The average Bonchev–Trinajstić information content (AvgIpc) is 2.75. The van der Waals surface area contributed by atoms with Crippen molar-refractivity contribution in [2.75, 3.05) is 11.9 Å². The molecule has 1 N–H and O–H groups in total. The Balaban J connectivity index is 1.75. The van der Waals surface area contributed by atoms with E-state index < -0.39 is 16.8 Å². The van der Waals surface area contributed by atoms with Gasteiger partial charge in [0.25, 0.3) is 5.69 Å². The molecule has 11 heteroatoms. The standard InChI is InChI=1S/C22H16Cl2FN3O5/c1-2-32-21(15-5-3-4-6-18(15)25)27-22(29)26-13-7-10-20(17(24)11-13)33-14-8-9-19(28(30)31)16(23)12-14/h3-12H,2H2,1H3,(H,26,29). The molecule has 0 bridgehead atoms. The summed E-state index contributed by atoms with van der Waals surface area (Å²) in [6.45, 7) is 1.87. The van der Waals surface area contributed by atoms with Crippen LogP contribution in [0, 0.1) is 15.9 Å². The molecular formula is C22H16Cl2FN3O5. The summed E-state index contributed by atoms with van der Waals surface area (Å²) < 4.78 is 25.0. The first-order chi connectivity index (χ1) is 15.8. The summed E-state index contributed by atoms with van der Waals surface area (Å²) in [4.78, 5) is 26.4. The number of hydrogen-bond donors (Lipinski definition) is 1. The molecule has 0 saturated heterocycles. The number of benzene rings is 3. The maximum atomic E-state index is 14.0. The van der Waals surface area contributed by atoms with E-state index in [2.05, 4.69) is 10.3 Å². The van der Waals surface area contributed by atoms with E-state index in [-0.39, 0.29) is 45.3 Å². The summed E-state index contributed by atoms with van der Waals surface area (Å²) >= 11 is 12.1. The molecule has 0 unspecified atom stereocenters. The Labute approximate surface area is 197 Å². The molecule has 3 rings (SSSR count). The molecule has 0 aliphatic carbocycles. The number of nitrogens with zero attached hydrogens (tertiary/aromatic N) is 2. The van der Waals surface area contributed by atoms with Crippen LogP contribution >= 0.6 is 23.2 Å². The second-order valence-electron chi connectivity index (χ2n) is 6.38. The summed E-state index contributed by atoms with van der Waals surface area (Å²) in [5.41, 5.74) is 0.0980. The largest absolute Gasteiger partial charge is 0.477 e. The molecule has 0 radical (unpaired) electrons. The maximum Gasteiger partial charge on any atom is 0.348 e. The van der Waals surface area contributed by atoms with E-state index in [1.165, 1.54) is 54.6 Å².